The summed E-state index contributed by atoms with van der Waals surface area (Å²) in [6, 6.07) is 0. The second-order valence-corrected chi connectivity index (χ2v) is 2.16. The molecule has 1 saturated carbocycles. The van der Waals surface area contributed by atoms with Crippen LogP contribution in [0.4, 0.5) is 0 Å². The van der Waals surface area contributed by atoms with Crippen molar-refractivity contribution in [3.63, 3.8) is 0 Å². The van der Waals surface area contributed by atoms with Gasteiger partial charge in [0.05, 0.1) is 0 Å². The van der Waals surface area contributed by atoms with Crippen LogP contribution in [0.2, 0.25) is 0 Å². The van der Waals surface area contributed by atoms with Crippen molar-refractivity contribution in [3.8, 4) is 0 Å². The van der Waals surface area contributed by atoms with Crippen molar-refractivity contribution in [2.75, 3.05) is 13.1 Å². The van der Waals surface area contributed by atoms with Crippen LogP contribution >= 0.6 is 0 Å². The number of hydrogen-bond acceptors (Lipinski definition) is 1. The minimum absolute atomic E-state index is 1.25. The molecule has 0 radical (unpaired) electrons. The zero-order valence-corrected chi connectivity index (χ0v) is 4.74. The minimum Gasteiger partial charge on any atom is -0.314 e. The molecule has 0 aromatic heterocycles. The van der Waals surface area contributed by atoms with E-state index in [1.807, 2.05) is 0 Å². The molecule has 0 unspecified atom stereocenters. The fourth-order valence-corrected chi connectivity index (χ4v) is 0.250. The lowest BCUT2D eigenvalue weighted by molar-refractivity contribution is 0.504. The molecule has 0 aromatic carbocycles. The van der Waals surface area contributed by atoms with Gasteiger partial charge in [0.1, 0.15) is 0 Å². The quantitative estimate of drug-likeness (QED) is 0.452. The van der Waals surface area contributed by atoms with Crippen molar-refractivity contribution in [1.82, 2.24) is 5.32 Å². The number of hydrogen-bond donors (Lipinski definition) is 1. The lowest BCUT2D eigenvalue weighted by atomic mass is 10.0. The van der Waals surface area contributed by atoms with Gasteiger partial charge in [0.2, 0.25) is 0 Å². The van der Waals surface area contributed by atoms with Gasteiger partial charge in [0, 0.05) is 13.1 Å². The van der Waals surface area contributed by atoms with Crippen LogP contribution in [0, 0.1) is 0 Å². The molecule has 2 aliphatic rings. The lowest BCUT2D eigenvalue weighted by Crippen LogP contribution is -1.85. The third-order valence-corrected chi connectivity index (χ3v) is 1.25. The molecule has 1 nitrogen and oxygen atoms in total. The standard InChI is InChI=1S/C4H8.C2H5N/c1-2-4-3-1;1-2-3-1/h1-4H2;3H,1-2H2. The molecule has 2 rings (SSSR count). The van der Waals surface area contributed by atoms with Crippen LogP contribution in [0.25, 0.3) is 0 Å². The predicted molar refractivity (Wildman–Crippen MR) is 31.3 cm³/mol. The average Bonchev–Trinajstić information content (AvgIpc) is 1.95. The Labute approximate surface area is 45.1 Å². The molecular weight excluding hydrogens is 86.1 g/mol. The first-order chi connectivity index (χ1) is 3.50. The summed E-state index contributed by atoms with van der Waals surface area (Å²) in [6.07, 6.45) is 6.00. The van der Waals surface area contributed by atoms with E-state index in [4.69, 9.17) is 0 Å². The zero-order chi connectivity index (χ0) is 4.95. The van der Waals surface area contributed by atoms with E-state index in [1.54, 1.807) is 0 Å². The van der Waals surface area contributed by atoms with Gasteiger partial charge in [0.15, 0.2) is 0 Å². The Kier molecular flexibility index (Phi) is 2.21. The zero-order valence-electron chi connectivity index (χ0n) is 4.74. The van der Waals surface area contributed by atoms with E-state index in [9.17, 15) is 0 Å². The molecule has 0 aromatic rings. The highest BCUT2D eigenvalue weighted by atomic mass is 15.0. The second kappa shape index (κ2) is 3.03. The molecule has 0 spiro atoms. The third kappa shape index (κ3) is 3.80. The fourth-order valence-electron chi connectivity index (χ4n) is 0.250. The van der Waals surface area contributed by atoms with Gasteiger partial charge in [-0.25, -0.2) is 0 Å². The van der Waals surface area contributed by atoms with E-state index in [0.29, 0.717) is 0 Å². The first-order valence-electron chi connectivity index (χ1n) is 3.21. The Hall–Kier alpha value is -0.0400. The Morgan fingerprint density at radius 2 is 1.00 bits per heavy atom. The van der Waals surface area contributed by atoms with E-state index in [2.05, 4.69) is 5.32 Å². The maximum atomic E-state index is 3.00. The van der Waals surface area contributed by atoms with Crippen molar-refractivity contribution in [1.29, 1.82) is 0 Å². The molecule has 0 amide bonds. The largest absolute Gasteiger partial charge is 0.314 e. The van der Waals surface area contributed by atoms with Crippen molar-refractivity contribution in [2.24, 2.45) is 0 Å². The number of rotatable bonds is 0. The van der Waals surface area contributed by atoms with Crippen molar-refractivity contribution < 1.29 is 0 Å². The highest BCUT2D eigenvalue weighted by molar-refractivity contribution is 4.58. The smallest absolute Gasteiger partial charge is 0.00772 e. The first kappa shape index (κ1) is 5.10. The van der Waals surface area contributed by atoms with Crippen LogP contribution in [-0.4, -0.2) is 13.1 Å². The molecule has 0 atom stereocenters. The molecule has 1 N–H and O–H groups in total. The summed E-state index contributed by atoms with van der Waals surface area (Å²) in [5.41, 5.74) is 0. The highest BCUT2D eigenvalue weighted by Crippen LogP contribution is 2.15. The van der Waals surface area contributed by atoms with Crippen LogP contribution in [0.5, 0.6) is 0 Å². The lowest BCUT2D eigenvalue weighted by Gasteiger charge is -2.05. The average molecular weight is 99.2 g/mol. The first-order valence-corrected chi connectivity index (χ1v) is 3.21. The van der Waals surface area contributed by atoms with Gasteiger partial charge >= 0.3 is 0 Å². The second-order valence-electron chi connectivity index (χ2n) is 2.16. The van der Waals surface area contributed by atoms with E-state index in [0.717, 1.165) is 0 Å². The van der Waals surface area contributed by atoms with Crippen LogP contribution < -0.4 is 5.32 Å². The van der Waals surface area contributed by atoms with Crippen molar-refractivity contribution in [3.05, 3.63) is 0 Å². The van der Waals surface area contributed by atoms with E-state index in [1.165, 1.54) is 38.8 Å². The molecule has 7 heavy (non-hydrogen) atoms. The number of nitrogens with one attached hydrogen (secondary N) is 1. The summed E-state index contributed by atoms with van der Waals surface area (Å²) >= 11 is 0. The topological polar surface area (TPSA) is 21.9 Å². The summed E-state index contributed by atoms with van der Waals surface area (Å²) in [5, 5.41) is 3.00. The van der Waals surface area contributed by atoms with Gasteiger partial charge in [-0.15, -0.1) is 0 Å². The molecule has 1 saturated heterocycles. The predicted octanol–water partition coefficient (Wildman–Crippen LogP) is 1.15. The fraction of sp³-hybridized carbons (Fsp3) is 1.00. The molecule has 0 bridgehead atoms. The molecule has 1 heteroatoms. The van der Waals surface area contributed by atoms with Crippen LogP contribution in [-0.2, 0) is 0 Å². The molecule has 1 aliphatic heterocycles. The van der Waals surface area contributed by atoms with Gasteiger partial charge in [-0.3, -0.25) is 0 Å². The van der Waals surface area contributed by atoms with E-state index in [-0.39, 0.29) is 0 Å². The summed E-state index contributed by atoms with van der Waals surface area (Å²) in [5.74, 6) is 0. The SMILES string of the molecule is C1CCC1.C1CN1. The summed E-state index contributed by atoms with van der Waals surface area (Å²) < 4.78 is 0. The normalized spacial score (nSPS) is 24.0. The maximum Gasteiger partial charge on any atom is 0.00772 e. The molecule has 42 valence electrons. The van der Waals surface area contributed by atoms with Gasteiger partial charge in [-0.1, -0.05) is 25.7 Å². The monoisotopic (exact) mass is 99.1 g/mol. The van der Waals surface area contributed by atoms with Crippen LogP contribution in [0.15, 0.2) is 0 Å². The Morgan fingerprint density at radius 1 is 0.714 bits per heavy atom. The third-order valence-electron chi connectivity index (χ3n) is 1.25. The Bertz CT molecular complexity index is 30.7. The van der Waals surface area contributed by atoms with Gasteiger partial charge in [0.25, 0.3) is 0 Å². The van der Waals surface area contributed by atoms with Crippen LogP contribution in [0.3, 0.4) is 0 Å². The summed E-state index contributed by atoms with van der Waals surface area (Å²) in [6.45, 7) is 2.50. The minimum atomic E-state index is 1.25. The van der Waals surface area contributed by atoms with Crippen LogP contribution in [0.1, 0.15) is 25.7 Å². The highest BCUT2D eigenvalue weighted by Gasteiger charge is 1.95. The van der Waals surface area contributed by atoms with Crippen molar-refractivity contribution >= 4 is 0 Å². The van der Waals surface area contributed by atoms with E-state index >= 15 is 0 Å². The molecule has 1 aliphatic carbocycles. The molecule has 1 heterocycles. The van der Waals surface area contributed by atoms with Crippen molar-refractivity contribution in [2.45, 2.75) is 25.7 Å². The van der Waals surface area contributed by atoms with Gasteiger partial charge in [-0.2, -0.15) is 0 Å². The molecular formula is C6H13N. The summed E-state index contributed by atoms with van der Waals surface area (Å²) in [7, 11) is 0. The van der Waals surface area contributed by atoms with Gasteiger partial charge < -0.3 is 5.32 Å². The summed E-state index contributed by atoms with van der Waals surface area (Å²) in [4.78, 5) is 0. The Balaban J connectivity index is 0.0000000729. The molecule has 2 fully saturated rings. The Morgan fingerprint density at radius 3 is 1.00 bits per heavy atom. The van der Waals surface area contributed by atoms with Gasteiger partial charge in [-0.05, 0) is 0 Å². The maximum absolute atomic E-state index is 3.00. The van der Waals surface area contributed by atoms with E-state index < -0.39 is 0 Å².